The Morgan fingerprint density at radius 1 is 1.37 bits per heavy atom. The van der Waals surface area contributed by atoms with Gasteiger partial charge in [0.25, 0.3) is 5.88 Å². The molecule has 0 radical (unpaired) electrons. The lowest BCUT2D eigenvalue weighted by Crippen LogP contribution is -2.37. The average molecular weight is 254 g/mol. The number of benzene rings is 1. The second-order valence-electron chi connectivity index (χ2n) is 3.80. The van der Waals surface area contributed by atoms with Crippen molar-refractivity contribution >= 4 is 5.78 Å². The van der Waals surface area contributed by atoms with Gasteiger partial charge in [0.05, 0.1) is 6.20 Å². The maximum atomic E-state index is 12.0. The molecule has 5 nitrogen and oxygen atoms in total. The van der Waals surface area contributed by atoms with Crippen molar-refractivity contribution in [3.63, 3.8) is 0 Å². The third-order valence-electron chi connectivity index (χ3n) is 2.44. The van der Waals surface area contributed by atoms with Crippen LogP contribution in [0.3, 0.4) is 0 Å². The molecular weight excluding hydrogens is 242 g/mol. The van der Waals surface area contributed by atoms with E-state index >= 15 is 0 Å². The van der Waals surface area contributed by atoms with Crippen molar-refractivity contribution < 1.29 is 14.1 Å². The number of carbonyl (C=O) groups is 1. The van der Waals surface area contributed by atoms with Crippen molar-refractivity contribution in [3.05, 3.63) is 54.5 Å². The molecule has 0 atom stereocenters. The maximum absolute atomic E-state index is 12.0. The van der Waals surface area contributed by atoms with Crippen LogP contribution in [-0.2, 0) is 6.54 Å². The molecule has 0 aliphatic carbocycles. The predicted molar refractivity (Wildman–Crippen MR) is 66.3 cm³/mol. The zero-order valence-electron chi connectivity index (χ0n) is 10.2. The highest BCUT2D eigenvalue weighted by molar-refractivity contribution is 5.94. The van der Waals surface area contributed by atoms with E-state index in [1.54, 1.807) is 29.1 Å². The number of hydrogen-bond donors (Lipinski definition) is 0. The van der Waals surface area contributed by atoms with Crippen molar-refractivity contribution in [1.82, 2.24) is 4.98 Å². The second kappa shape index (κ2) is 6.26. The van der Waals surface area contributed by atoms with E-state index in [2.05, 4.69) is 4.98 Å². The molecule has 5 heteroatoms. The van der Waals surface area contributed by atoms with E-state index in [0.29, 0.717) is 11.4 Å². The number of ether oxygens (including phenoxy) is 1. The molecule has 0 unspecified atom stereocenters. The van der Waals surface area contributed by atoms with Crippen molar-refractivity contribution in [2.24, 2.45) is 0 Å². The number of nitriles is 1. The van der Waals surface area contributed by atoms with Crippen LogP contribution in [0.5, 0.6) is 5.88 Å². The summed E-state index contributed by atoms with van der Waals surface area (Å²) >= 11 is 0. The fourth-order valence-electron chi connectivity index (χ4n) is 1.57. The highest BCUT2D eigenvalue weighted by atomic mass is 16.5. The van der Waals surface area contributed by atoms with Crippen LogP contribution in [0.2, 0.25) is 0 Å². The van der Waals surface area contributed by atoms with Crippen LogP contribution in [0.4, 0.5) is 0 Å². The van der Waals surface area contributed by atoms with Crippen LogP contribution in [0.25, 0.3) is 0 Å². The highest BCUT2D eigenvalue weighted by Crippen LogP contribution is 2.02. The molecule has 0 saturated carbocycles. The molecule has 1 heterocycles. The first-order chi connectivity index (χ1) is 9.29. The van der Waals surface area contributed by atoms with Crippen LogP contribution in [0.1, 0.15) is 10.4 Å². The average Bonchev–Trinajstić information content (AvgIpc) is 2.46. The molecular formula is C14H12N3O2+. The van der Waals surface area contributed by atoms with E-state index in [1.165, 1.54) is 6.20 Å². The number of nitrogens with zero attached hydrogens (tertiary/aromatic N) is 3. The summed E-state index contributed by atoms with van der Waals surface area (Å²) in [5.41, 5.74) is 0.659. The van der Waals surface area contributed by atoms with Crippen LogP contribution in [0, 0.1) is 11.3 Å². The molecule has 1 aromatic carbocycles. The molecule has 0 fully saturated rings. The van der Waals surface area contributed by atoms with Crippen molar-refractivity contribution in [1.29, 1.82) is 5.26 Å². The molecule has 2 rings (SSSR count). The number of carbonyl (C=O) groups excluding carboxylic acids is 1. The number of aromatic nitrogens is 2. The summed E-state index contributed by atoms with van der Waals surface area (Å²) in [4.78, 5) is 16.0. The van der Waals surface area contributed by atoms with Gasteiger partial charge in [-0.3, -0.25) is 4.79 Å². The zero-order valence-corrected chi connectivity index (χ0v) is 10.2. The smallest absolute Gasteiger partial charge is 0.280 e. The number of Topliss-reactive ketones (excluding diaryl/α,β-unsaturated/α-hetero) is 1. The molecule has 1 aromatic heterocycles. The summed E-state index contributed by atoms with van der Waals surface area (Å²) in [7, 11) is 0. The number of hydrogen-bond acceptors (Lipinski definition) is 4. The third kappa shape index (κ3) is 3.61. The molecule has 0 aliphatic rings. The first-order valence-electron chi connectivity index (χ1n) is 5.72. The maximum Gasteiger partial charge on any atom is 0.280 e. The van der Waals surface area contributed by atoms with Gasteiger partial charge in [-0.25, -0.2) is 4.98 Å². The van der Waals surface area contributed by atoms with Crippen molar-refractivity contribution in [2.75, 3.05) is 6.61 Å². The lowest BCUT2D eigenvalue weighted by atomic mass is 10.1. The molecule has 0 saturated heterocycles. The molecule has 2 aromatic rings. The Morgan fingerprint density at radius 3 is 2.89 bits per heavy atom. The lowest BCUT2D eigenvalue weighted by Gasteiger charge is -2.00. The highest BCUT2D eigenvalue weighted by Gasteiger charge is 2.12. The van der Waals surface area contributed by atoms with E-state index in [0.717, 1.165) is 0 Å². The fourth-order valence-corrected chi connectivity index (χ4v) is 1.57. The van der Waals surface area contributed by atoms with Gasteiger partial charge in [-0.1, -0.05) is 30.3 Å². The minimum atomic E-state index is -0.0658. The van der Waals surface area contributed by atoms with Gasteiger partial charge in [-0.2, -0.15) is 9.83 Å². The van der Waals surface area contributed by atoms with Gasteiger partial charge in [-0.05, 0) is 0 Å². The first-order valence-corrected chi connectivity index (χ1v) is 5.72. The summed E-state index contributed by atoms with van der Waals surface area (Å²) in [5.74, 6) is 0.327. The van der Waals surface area contributed by atoms with Gasteiger partial charge >= 0.3 is 0 Å². The molecule has 0 bridgehead atoms. The third-order valence-corrected chi connectivity index (χ3v) is 2.44. The van der Waals surface area contributed by atoms with E-state index in [4.69, 9.17) is 10.00 Å². The van der Waals surface area contributed by atoms with Gasteiger partial charge in [0.2, 0.25) is 18.5 Å². The van der Waals surface area contributed by atoms with Gasteiger partial charge in [0.1, 0.15) is 6.07 Å². The Balaban J connectivity index is 2.07. The Labute approximate surface area is 110 Å². The molecule has 0 spiro atoms. The Morgan fingerprint density at radius 2 is 2.16 bits per heavy atom. The Hall–Kier alpha value is -2.74. The molecule has 0 N–H and O–H groups in total. The van der Waals surface area contributed by atoms with E-state index in [9.17, 15) is 4.79 Å². The zero-order chi connectivity index (χ0) is 13.5. The minimum Gasteiger partial charge on any atom is -0.458 e. The number of ketones is 1. The van der Waals surface area contributed by atoms with Crippen LogP contribution in [-0.4, -0.2) is 17.4 Å². The van der Waals surface area contributed by atoms with E-state index < -0.39 is 0 Å². The van der Waals surface area contributed by atoms with Crippen LogP contribution >= 0.6 is 0 Å². The second-order valence-corrected chi connectivity index (χ2v) is 3.80. The van der Waals surface area contributed by atoms with E-state index in [1.807, 2.05) is 24.3 Å². The standard InChI is InChI=1S/C14H12N3O2/c15-6-9-19-14-11-17(8-7-16-14)10-13(18)12-4-2-1-3-5-12/h1-5,7-8,11H,9-10H2/q+1. The minimum absolute atomic E-state index is 0.00281. The monoisotopic (exact) mass is 254 g/mol. The first kappa shape index (κ1) is 12.7. The summed E-state index contributed by atoms with van der Waals surface area (Å²) in [5, 5.41) is 8.43. The van der Waals surface area contributed by atoms with E-state index in [-0.39, 0.29) is 18.9 Å². The van der Waals surface area contributed by atoms with Gasteiger partial charge in [0, 0.05) is 5.56 Å². The molecule has 0 aliphatic heterocycles. The predicted octanol–water partition coefficient (Wildman–Crippen LogP) is 1.15. The van der Waals surface area contributed by atoms with Crippen molar-refractivity contribution in [2.45, 2.75) is 6.54 Å². The molecule has 94 valence electrons. The summed E-state index contributed by atoms with van der Waals surface area (Å²) in [6.45, 7) is 0.138. The Bertz CT molecular complexity index is 606. The van der Waals surface area contributed by atoms with Gasteiger partial charge in [-0.15, -0.1) is 0 Å². The van der Waals surface area contributed by atoms with Crippen molar-refractivity contribution in [3.8, 4) is 11.9 Å². The van der Waals surface area contributed by atoms with Crippen LogP contribution < -0.4 is 9.30 Å². The molecule has 0 amide bonds. The van der Waals surface area contributed by atoms with Crippen LogP contribution in [0.15, 0.2) is 48.9 Å². The topological polar surface area (TPSA) is 66.9 Å². The SMILES string of the molecule is N#CCOc1c[n+](CC(=O)c2ccccc2)ccn1. The molecule has 19 heavy (non-hydrogen) atoms. The number of rotatable bonds is 5. The quantitative estimate of drug-likeness (QED) is 0.593. The summed E-state index contributed by atoms with van der Waals surface area (Å²) < 4.78 is 6.75. The summed E-state index contributed by atoms with van der Waals surface area (Å²) in [6.07, 6.45) is 4.81. The Kier molecular flexibility index (Phi) is 4.19. The lowest BCUT2D eigenvalue weighted by molar-refractivity contribution is -0.684. The summed E-state index contributed by atoms with van der Waals surface area (Å²) in [6, 6.07) is 10.9. The van der Waals surface area contributed by atoms with Gasteiger partial charge < -0.3 is 4.74 Å². The van der Waals surface area contributed by atoms with Gasteiger partial charge in [0.15, 0.2) is 12.8 Å². The fraction of sp³-hybridized carbons (Fsp3) is 0.143. The largest absolute Gasteiger partial charge is 0.458 e. The normalized spacial score (nSPS) is 9.63.